The number of hydrogen-bond acceptors (Lipinski definition) is 2. The molecule has 0 aliphatic carbocycles. The highest BCUT2D eigenvalue weighted by molar-refractivity contribution is 5.38. The van der Waals surface area contributed by atoms with E-state index in [-0.39, 0.29) is 6.04 Å². The highest BCUT2D eigenvalue weighted by atomic mass is 19.1. The Kier molecular flexibility index (Phi) is 2.19. The van der Waals surface area contributed by atoms with Gasteiger partial charge in [0.2, 0.25) is 0 Å². The first-order valence-electron chi connectivity index (χ1n) is 4.74. The fraction of sp³-hybridized carbons (Fsp3) is 0.455. The van der Waals surface area contributed by atoms with E-state index in [1.54, 1.807) is 6.92 Å². The third kappa shape index (κ3) is 1.48. The second kappa shape index (κ2) is 3.24. The van der Waals surface area contributed by atoms with Gasteiger partial charge in [-0.25, -0.2) is 4.39 Å². The smallest absolute Gasteiger partial charge is 0.136 e. The van der Waals surface area contributed by atoms with Gasteiger partial charge in [-0.05, 0) is 13.0 Å². The molecule has 76 valence electrons. The van der Waals surface area contributed by atoms with Crippen LogP contribution in [0.1, 0.15) is 24.9 Å². The summed E-state index contributed by atoms with van der Waals surface area (Å²) in [6, 6.07) is 7.43. The molecular weight excluding hydrogens is 181 g/mol. The van der Waals surface area contributed by atoms with Gasteiger partial charge in [0, 0.05) is 18.0 Å². The molecule has 0 aromatic heterocycles. The van der Waals surface area contributed by atoms with Crippen LogP contribution in [0.5, 0.6) is 5.75 Å². The molecule has 1 heterocycles. The standard InChI is InChI=1S/C11H14FNO/c1-11(7-12)6-9(13)8-4-2-3-5-10(8)14-11/h2-5,9H,6-7,13H2,1H3. The monoisotopic (exact) mass is 195 g/mol. The summed E-state index contributed by atoms with van der Waals surface area (Å²) >= 11 is 0. The van der Waals surface area contributed by atoms with Crippen molar-refractivity contribution >= 4 is 0 Å². The zero-order valence-corrected chi connectivity index (χ0v) is 8.16. The molecule has 0 saturated carbocycles. The number of fused-ring (bicyclic) bond motifs is 1. The fourth-order valence-electron chi connectivity index (χ4n) is 1.84. The summed E-state index contributed by atoms with van der Waals surface area (Å²) in [6.07, 6.45) is 0.528. The van der Waals surface area contributed by atoms with Crippen LogP contribution in [0.15, 0.2) is 24.3 Å². The van der Waals surface area contributed by atoms with Gasteiger partial charge in [0.05, 0.1) is 0 Å². The predicted molar refractivity (Wildman–Crippen MR) is 53.0 cm³/mol. The number of rotatable bonds is 1. The first kappa shape index (κ1) is 9.46. The van der Waals surface area contributed by atoms with Crippen molar-refractivity contribution in [1.29, 1.82) is 0 Å². The van der Waals surface area contributed by atoms with Gasteiger partial charge in [-0.1, -0.05) is 18.2 Å². The van der Waals surface area contributed by atoms with Crippen LogP contribution in [0.2, 0.25) is 0 Å². The lowest BCUT2D eigenvalue weighted by atomic mass is 9.90. The van der Waals surface area contributed by atoms with Crippen LogP contribution in [0.25, 0.3) is 0 Å². The molecule has 0 fully saturated rings. The lowest BCUT2D eigenvalue weighted by molar-refractivity contribution is 0.0297. The van der Waals surface area contributed by atoms with Gasteiger partial charge in [0.15, 0.2) is 0 Å². The molecule has 2 unspecified atom stereocenters. The molecule has 1 aliphatic rings. The zero-order valence-electron chi connectivity index (χ0n) is 8.16. The normalized spacial score (nSPS) is 30.6. The molecule has 2 atom stereocenters. The number of halogens is 1. The van der Waals surface area contributed by atoms with E-state index in [1.165, 1.54) is 0 Å². The molecule has 0 radical (unpaired) electrons. The summed E-state index contributed by atoms with van der Waals surface area (Å²) in [5.41, 5.74) is 6.17. The summed E-state index contributed by atoms with van der Waals surface area (Å²) in [6.45, 7) is 1.25. The van der Waals surface area contributed by atoms with Crippen LogP contribution in [0, 0.1) is 0 Å². The van der Waals surface area contributed by atoms with Crippen molar-refractivity contribution in [2.24, 2.45) is 5.73 Å². The minimum absolute atomic E-state index is 0.124. The molecule has 1 aromatic rings. The van der Waals surface area contributed by atoms with Gasteiger partial charge < -0.3 is 10.5 Å². The first-order valence-corrected chi connectivity index (χ1v) is 4.74. The molecule has 0 bridgehead atoms. The largest absolute Gasteiger partial charge is 0.484 e. The number of para-hydroxylation sites is 1. The Hall–Kier alpha value is -1.09. The van der Waals surface area contributed by atoms with Crippen LogP contribution in [0.3, 0.4) is 0 Å². The minimum Gasteiger partial charge on any atom is -0.484 e. The third-order valence-corrected chi connectivity index (χ3v) is 2.61. The number of hydrogen-bond donors (Lipinski definition) is 1. The van der Waals surface area contributed by atoms with E-state index >= 15 is 0 Å². The minimum atomic E-state index is -0.756. The molecule has 14 heavy (non-hydrogen) atoms. The maximum Gasteiger partial charge on any atom is 0.136 e. The highest BCUT2D eigenvalue weighted by Gasteiger charge is 2.35. The van der Waals surface area contributed by atoms with Crippen LogP contribution >= 0.6 is 0 Å². The SMILES string of the molecule is CC1(CF)CC(N)c2ccccc2O1. The predicted octanol–water partition coefficient (Wildman–Crippen LogP) is 2.20. The zero-order chi connectivity index (χ0) is 10.2. The van der Waals surface area contributed by atoms with E-state index < -0.39 is 12.3 Å². The van der Waals surface area contributed by atoms with Crippen molar-refractivity contribution in [1.82, 2.24) is 0 Å². The maximum atomic E-state index is 12.7. The lowest BCUT2D eigenvalue weighted by Crippen LogP contribution is -2.42. The average molecular weight is 195 g/mol. The van der Waals surface area contributed by atoms with E-state index in [1.807, 2.05) is 24.3 Å². The number of benzene rings is 1. The van der Waals surface area contributed by atoms with Crippen LogP contribution < -0.4 is 10.5 Å². The summed E-state index contributed by atoms with van der Waals surface area (Å²) in [4.78, 5) is 0. The third-order valence-electron chi connectivity index (χ3n) is 2.61. The Bertz CT molecular complexity index is 342. The van der Waals surface area contributed by atoms with Crippen molar-refractivity contribution < 1.29 is 9.13 Å². The second-order valence-corrected chi connectivity index (χ2v) is 4.03. The molecule has 1 aliphatic heterocycles. The molecule has 0 amide bonds. The van der Waals surface area contributed by atoms with Crippen LogP contribution in [-0.4, -0.2) is 12.3 Å². The summed E-state index contributed by atoms with van der Waals surface area (Å²) in [5, 5.41) is 0. The van der Waals surface area contributed by atoms with Crippen molar-refractivity contribution in [2.75, 3.05) is 6.67 Å². The lowest BCUT2D eigenvalue weighted by Gasteiger charge is -2.36. The Balaban J connectivity index is 2.38. The quantitative estimate of drug-likeness (QED) is 0.745. The first-order chi connectivity index (χ1) is 6.64. The Morgan fingerprint density at radius 1 is 1.57 bits per heavy atom. The van der Waals surface area contributed by atoms with Gasteiger partial charge in [-0.2, -0.15) is 0 Å². The van der Waals surface area contributed by atoms with Crippen LogP contribution in [0.4, 0.5) is 4.39 Å². The van der Waals surface area contributed by atoms with Crippen molar-refractivity contribution in [2.45, 2.75) is 25.0 Å². The molecule has 0 spiro atoms. The van der Waals surface area contributed by atoms with Crippen molar-refractivity contribution in [3.05, 3.63) is 29.8 Å². The number of alkyl halides is 1. The number of ether oxygens (including phenoxy) is 1. The molecule has 2 rings (SSSR count). The van der Waals surface area contributed by atoms with Crippen molar-refractivity contribution in [3.63, 3.8) is 0 Å². The topological polar surface area (TPSA) is 35.2 Å². The second-order valence-electron chi connectivity index (χ2n) is 4.03. The van der Waals surface area contributed by atoms with Gasteiger partial charge in [0.1, 0.15) is 18.0 Å². The fourth-order valence-corrected chi connectivity index (χ4v) is 1.84. The summed E-state index contributed by atoms with van der Waals surface area (Å²) < 4.78 is 18.3. The molecule has 2 N–H and O–H groups in total. The Morgan fingerprint density at radius 2 is 2.29 bits per heavy atom. The van der Waals surface area contributed by atoms with E-state index in [0.717, 1.165) is 5.56 Å². The van der Waals surface area contributed by atoms with Gasteiger partial charge >= 0.3 is 0 Å². The van der Waals surface area contributed by atoms with E-state index in [9.17, 15) is 4.39 Å². The average Bonchev–Trinajstić information content (AvgIpc) is 2.18. The van der Waals surface area contributed by atoms with Gasteiger partial charge in [-0.3, -0.25) is 0 Å². The molecule has 1 aromatic carbocycles. The van der Waals surface area contributed by atoms with E-state index in [2.05, 4.69) is 0 Å². The molecule has 2 nitrogen and oxygen atoms in total. The van der Waals surface area contributed by atoms with Crippen LogP contribution in [-0.2, 0) is 0 Å². The molecule has 0 saturated heterocycles. The number of nitrogens with two attached hydrogens (primary N) is 1. The maximum absolute atomic E-state index is 12.7. The summed E-state index contributed by atoms with van der Waals surface area (Å²) in [7, 11) is 0. The van der Waals surface area contributed by atoms with Gasteiger partial charge in [-0.15, -0.1) is 0 Å². The highest BCUT2D eigenvalue weighted by Crippen LogP contribution is 2.38. The molecule has 3 heteroatoms. The Labute approximate surface area is 82.9 Å². The molecular formula is C11H14FNO. The van der Waals surface area contributed by atoms with Gasteiger partial charge in [0.25, 0.3) is 0 Å². The van der Waals surface area contributed by atoms with E-state index in [4.69, 9.17) is 10.5 Å². The summed E-state index contributed by atoms with van der Waals surface area (Å²) in [5.74, 6) is 0.714. The Morgan fingerprint density at radius 3 is 3.00 bits per heavy atom. The van der Waals surface area contributed by atoms with Crippen molar-refractivity contribution in [3.8, 4) is 5.75 Å². The van der Waals surface area contributed by atoms with E-state index in [0.29, 0.717) is 12.2 Å².